The molecule has 0 saturated carbocycles. The molecule has 27 heavy (non-hydrogen) atoms. The standard InChI is InChI=1S/C19H27N5O3/c1-11(2)10-14(20)19(27)24-9-3-4-15(24)18(26)23-17(25)13-7-5-12(6-8-13)16(21)22/h5-8,11,14-15H,3-4,9-10,20H2,1-2H3,(H3,21,22)(H,23,25,26)/t14-,15-/m0/s1. The van der Waals surface area contributed by atoms with Gasteiger partial charge in [-0.25, -0.2) is 0 Å². The van der Waals surface area contributed by atoms with E-state index >= 15 is 0 Å². The number of nitrogens with one attached hydrogen (secondary N) is 2. The maximum Gasteiger partial charge on any atom is 0.257 e. The van der Waals surface area contributed by atoms with E-state index in [-0.39, 0.29) is 23.2 Å². The van der Waals surface area contributed by atoms with E-state index in [0.29, 0.717) is 31.4 Å². The molecule has 1 fully saturated rings. The van der Waals surface area contributed by atoms with Crippen LogP contribution in [-0.2, 0) is 9.59 Å². The molecule has 146 valence electrons. The summed E-state index contributed by atoms with van der Waals surface area (Å²) in [5.41, 5.74) is 12.1. The van der Waals surface area contributed by atoms with Gasteiger partial charge in [-0.15, -0.1) is 0 Å². The number of nitrogens with zero attached hydrogens (tertiary/aromatic N) is 1. The zero-order valence-electron chi connectivity index (χ0n) is 15.7. The predicted molar refractivity (Wildman–Crippen MR) is 102 cm³/mol. The highest BCUT2D eigenvalue weighted by molar-refractivity contribution is 6.07. The molecule has 0 bridgehead atoms. The van der Waals surface area contributed by atoms with Gasteiger partial charge in [0, 0.05) is 17.7 Å². The average Bonchev–Trinajstić information content (AvgIpc) is 3.10. The Morgan fingerprint density at radius 2 is 1.81 bits per heavy atom. The third-order valence-corrected chi connectivity index (χ3v) is 4.58. The van der Waals surface area contributed by atoms with E-state index in [1.165, 1.54) is 29.2 Å². The minimum Gasteiger partial charge on any atom is -0.384 e. The van der Waals surface area contributed by atoms with E-state index in [1.54, 1.807) is 0 Å². The summed E-state index contributed by atoms with van der Waals surface area (Å²) < 4.78 is 0. The van der Waals surface area contributed by atoms with E-state index in [1.807, 2.05) is 13.8 Å². The van der Waals surface area contributed by atoms with Crippen molar-refractivity contribution in [3.05, 3.63) is 35.4 Å². The minimum atomic E-state index is -0.684. The summed E-state index contributed by atoms with van der Waals surface area (Å²) in [5.74, 6) is -1.13. The highest BCUT2D eigenvalue weighted by Crippen LogP contribution is 2.20. The number of amidine groups is 1. The molecule has 8 nitrogen and oxygen atoms in total. The summed E-state index contributed by atoms with van der Waals surface area (Å²) in [4.78, 5) is 38.9. The number of rotatable bonds is 6. The molecule has 0 aromatic heterocycles. The molecule has 1 saturated heterocycles. The Balaban J connectivity index is 2.02. The Morgan fingerprint density at radius 1 is 1.22 bits per heavy atom. The van der Waals surface area contributed by atoms with Crippen molar-refractivity contribution in [3.8, 4) is 0 Å². The maximum absolute atomic E-state index is 12.6. The Kier molecular flexibility index (Phi) is 6.68. The molecule has 0 radical (unpaired) electrons. The number of imide groups is 1. The molecule has 0 spiro atoms. The fraction of sp³-hybridized carbons (Fsp3) is 0.474. The Labute approximate surface area is 158 Å². The summed E-state index contributed by atoms with van der Waals surface area (Å²) in [6, 6.07) is 4.74. The monoisotopic (exact) mass is 373 g/mol. The molecule has 1 aromatic carbocycles. The van der Waals surface area contributed by atoms with Crippen molar-refractivity contribution < 1.29 is 14.4 Å². The summed E-state index contributed by atoms with van der Waals surface area (Å²) in [5, 5.41) is 9.71. The summed E-state index contributed by atoms with van der Waals surface area (Å²) in [7, 11) is 0. The fourth-order valence-corrected chi connectivity index (χ4v) is 3.19. The van der Waals surface area contributed by atoms with Gasteiger partial charge in [-0.05, 0) is 37.3 Å². The van der Waals surface area contributed by atoms with Crippen molar-refractivity contribution in [1.82, 2.24) is 10.2 Å². The fourth-order valence-electron chi connectivity index (χ4n) is 3.19. The molecule has 1 heterocycles. The van der Waals surface area contributed by atoms with Crippen molar-refractivity contribution in [2.24, 2.45) is 17.4 Å². The summed E-state index contributed by atoms with van der Waals surface area (Å²) in [6.07, 6.45) is 1.74. The third kappa shape index (κ3) is 5.13. The SMILES string of the molecule is CC(C)C[C@H](N)C(=O)N1CCC[C@H]1C(=O)NC(=O)c1ccc(C(=N)N)cc1. The molecule has 1 aliphatic rings. The van der Waals surface area contributed by atoms with Crippen LogP contribution in [0.3, 0.4) is 0 Å². The van der Waals surface area contributed by atoms with E-state index in [0.717, 1.165) is 0 Å². The molecule has 2 rings (SSSR count). The number of hydrogen-bond donors (Lipinski definition) is 4. The largest absolute Gasteiger partial charge is 0.384 e. The molecule has 8 heteroatoms. The van der Waals surface area contributed by atoms with Crippen LogP contribution in [0.25, 0.3) is 0 Å². The van der Waals surface area contributed by atoms with Gasteiger partial charge in [-0.2, -0.15) is 0 Å². The third-order valence-electron chi connectivity index (χ3n) is 4.58. The van der Waals surface area contributed by atoms with Crippen LogP contribution in [0.15, 0.2) is 24.3 Å². The van der Waals surface area contributed by atoms with Crippen molar-refractivity contribution in [1.29, 1.82) is 5.41 Å². The van der Waals surface area contributed by atoms with Gasteiger partial charge in [-0.1, -0.05) is 26.0 Å². The first kappa shape index (κ1) is 20.6. The molecule has 2 atom stereocenters. The van der Waals surface area contributed by atoms with Gasteiger partial charge >= 0.3 is 0 Å². The van der Waals surface area contributed by atoms with Gasteiger partial charge in [0.05, 0.1) is 6.04 Å². The van der Waals surface area contributed by atoms with Gasteiger partial charge in [0.15, 0.2) is 0 Å². The maximum atomic E-state index is 12.6. The first-order valence-electron chi connectivity index (χ1n) is 9.06. The Morgan fingerprint density at radius 3 is 2.37 bits per heavy atom. The lowest BCUT2D eigenvalue weighted by Gasteiger charge is -2.27. The van der Waals surface area contributed by atoms with Crippen LogP contribution >= 0.6 is 0 Å². The lowest BCUT2D eigenvalue weighted by Crippen LogP contribution is -2.52. The highest BCUT2D eigenvalue weighted by atomic mass is 16.2. The van der Waals surface area contributed by atoms with Crippen LogP contribution in [0.1, 0.15) is 49.0 Å². The molecular weight excluding hydrogens is 346 g/mol. The second kappa shape index (κ2) is 8.77. The van der Waals surface area contributed by atoms with Crippen molar-refractivity contribution in [3.63, 3.8) is 0 Å². The van der Waals surface area contributed by atoms with Crippen molar-refractivity contribution >= 4 is 23.6 Å². The number of likely N-dealkylation sites (tertiary alicyclic amines) is 1. The lowest BCUT2D eigenvalue weighted by atomic mass is 10.0. The second-order valence-corrected chi connectivity index (χ2v) is 7.24. The molecular formula is C19H27N5O3. The number of nitrogens with two attached hydrogens (primary N) is 2. The van der Waals surface area contributed by atoms with E-state index in [9.17, 15) is 14.4 Å². The first-order chi connectivity index (χ1) is 12.7. The zero-order chi connectivity index (χ0) is 20.1. The number of carbonyl (C=O) groups excluding carboxylic acids is 3. The van der Waals surface area contributed by atoms with Crippen molar-refractivity contribution in [2.75, 3.05) is 6.54 Å². The second-order valence-electron chi connectivity index (χ2n) is 7.24. The van der Waals surface area contributed by atoms with Crippen LogP contribution < -0.4 is 16.8 Å². The number of hydrogen-bond acceptors (Lipinski definition) is 5. The molecule has 6 N–H and O–H groups in total. The van der Waals surface area contributed by atoms with E-state index < -0.39 is 23.9 Å². The van der Waals surface area contributed by atoms with Crippen molar-refractivity contribution in [2.45, 2.75) is 45.2 Å². The molecule has 0 unspecified atom stereocenters. The van der Waals surface area contributed by atoms with Gasteiger partial charge in [0.1, 0.15) is 11.9 Å². The molecule has 1 aromatic rings. The van der Waals surface area contributed by atoms with E-state index in [4.69, 9.17) is 16.9 Å². The van der Waals surface area contributed by atoms with Crippen LogP contribution in [0.4, 0.5) is 0 Å². The number of carbonyl (C=O) groups is 3. The van der Waals surface area contributed by atoms with Crippen LogP contribution in [0.2, 0.25) is 0 Å². The van der Waals surface area contributed by atoms with Gasteiger partial charge in [0.25, 0.3) is 5.91 Å². The number of amides is 3. The Bertz CT molecular complexity index is 729. The zero-order valence-corrected chi connectivity index (χ0v) is 15.7. The minimum absolute atomic E-state index is 0.101. The molecule has 1 aliphatic heterocycles. The van der Waals surface area contributed by atoms with E-state index in [2.05, 4.69) is 5.32 Å². The quantitative estimate of drug-likeness (QED) is 0.328. The summed E-state index contributed by atoms with van der Waals surface area (Å²) >= 11 is 0. The number of benzene rings is 1. The predicted octanol–water partition coefficient (Wildman–Crippen LogP) is 0.591. The number of nitrogen functional groups attached to an aromatic ring is 1. The molecule has 3 amide bonds. The smallest absolute Gasteiger partial charge is 0.257 e. The normalized spacial score (nSPS) is 17.6. The van der Waals surface area contributed by atoms with Crippen LogP contribution in [-0.4, -0.2) is 47.1 Å². The van der Waals surface area contributed by atoms with Crippen LogP contribution in [0, 0.1) is 11.3 Å². The lowest BCUT2D eigenvalue weighted by molar-refractivity contribution is -0.139. The summed E-state index contributed by atoms with van der Waals surface area (Å²) in [6.45, 7) is 4.43. The Hall–Kier alpha value is -2.74. The molecule has 0 aliphatic carbocycles. The average molecular weight is 373 g/mol. The van der Waals surface area contributed by atoms with Crippen LogP contribution in [0.5, 0.6) is 0 Å². The van der Waals surface area contributed by atoms with Gasteiger partial charge in [0.2, 0.25) is 11.8 Å². The van der Waals surface area contributed by atoms with Gasteiger partial charge in [-0.3, -0.25) is 25.1 Å². The first-order valence-corrected chi connectivity index (χ1v) is 9.06. The van der Waals surface area contributed by atoms with Gasteiger partial charge < -0.3 is 16.4 Å². The highest BCUT2D eigenvalue weighted by Gasteiger charge is 2.36. The topological polar surface area (TPSA) is 142 Å².